The van der Waals surface area contributed by atoms with E-state index in [0.29, 0.717) is 6.42 Å². The van der Waals surface area contributed by atoms with Gasteiger partial charge < -0.3 is 5.32 Å². The van der Waals surface area contributed by atoms with Gasteiger partial charge in [0.25, 0.3) is 0 Å². The number of unbranched alkanes of at least 4 members (excludes halogenated alkanes) is 2. The van der Waals surface area contributed by atoms with Crippen molar-refractivity contribution in [2.75, 3.05) is 7.05 Å². The SMILES string of the molecule is CCCCCc1n[nH]c2ccc([C@]3(C)CC(=O)N(C)C(=N)N3)cc12. The monoisotopic (exact) mass is 327 g/mol. The molecule has 6 nitrogen and oxygen atoms in total. The van der Waals surface area contributed by atoms with Gasteiger partial charge in [0.05, 0.1) is 23.2 Å². The molecule has 1 aromatic carbocycles. The molecule has 1 aromatic heterocycles. The Morgan fingerprint density at radius 3 is 2.88 bits per heavy atom. The van der Waals surface area contributed by atoms with Gasteiger partial charge >= 0.3 is 0 Å². The zero-order valence-electron chi connectivity index (χ0n) is 14.6. The minimum atomic E-state index is -0.563. The predicted molar refractivity (Wildman–Crippen MR) is 94.9 cm³/mol. The molecule has 128 valence electrons. The second-order valence-electron chi connectivity index (χ2n) is 6.82. The molecular formula is C18H25N5O. The third-order valence-corrected chi connectivity index (χ3v) is 4.90. The van der Waals surface area contributed by atoms with Crippen LogP contribution in [0.1, 0.15) is 50.8 Å². The molecule has 0 unspecified atom stereocenters. The van der Waals surface area contributed by atoms with Gasteiger partial charge in [0.15, 0.2) is 5.96 Å². The molecular weight excluding hydrogens is 302 g/mol. The average Bonchev–Trinajstić information content (AvgIpc) is 2.95. The van der Waals surface area contributed by atoms with E-state index in [4.69, 9.17) is 5.41 Å². The number of aromatic nitrogens is 2. The number of carbonyl (C=O) groups excluding carboxylic acids is 1. The second kappa shape index (κ2) is 6.26. The molecule has 0 spiro atoms. The summed E-state index contributed by atoms with van der Waals surface area (Å²) in [5, 5.41) is 19.8. The predicted octanol–water partition coefficient (Wildman–Crippen LogP) is 2.90. The Bertz CT molecular complexity index is 761. The van der Waals surface area contributed by atoms with Gasteiger partial charge in [-0.05, 0) is 37.5 Å². The minimum Gasteiger partial charge on any atom is -0.346 e. The van der Waals surface area contributed by atoms with Crippen LogP contribution in [0.5, 0.6) is 0 Å². The smallest absolute Gasteiger partial charge is 0.231 e. The van der Waals surface area contributed by atoms with Crippen molar-refractivity contribution >= 4 is 22.8 Å². The zero-order chi connectivity index (χ0) is 17.3. The van der Waals surface area contributed by atoms with E-state index in [9.17, 15) is 4.79 Å². The van der Waals surface area contributed by atoms with Gasteiger partial charge in [-0.25, -0.2) is 0 Å². The van der Waals surface area contributed by atoms with Crippen molar-refractivity contribution in [3.8, 4) is 0 Å². The van der Waals surface area contributed by atoms with Crippen molar-refractivity contribution in [2.24, 2.45) is 0 Å². The molecule has 1 aliphatic heterocycles. The molecule has 2 heterocycles. The number of benzene rings is 1. The van der Waals surface area contributed by atoms with Crippen molar-refractivity contribution in [3.05, 3.63) is 29.5 Å². The van der Waals surface area contributed by atoms with Crippen LogP contribution in [-0.2, 0) is 16.8 Å². The van der Waals surface area contributed by atoms with Crippen LogP contribution in [0.15, 0.2) is 18.2 Å². The van der Waals surface area contributed by atoms with Gasteiger partial charge in [0.2, 0.25) is 5.91 Å². The summed E-state index contributed by atoms with van der Waals surface area (Å²) >= 11 is 0. The van der Waals surface area contributed by atoms with Crippen LogP contribution in [0.4, 0.5) is 0 Å². The summed E-state index contributed by atoms with van der Waals surface area (Å²) in [6, 6.07) is 6.13. The number of H-pyrrole nitrogens is 1. The van der Waals surface area contributed by atoms with Gasteiger partial charge in [-0.2, -0.15) is 5.10 Å². The number of aromatic amines is 1. The number of carbonyl (C=O) groups is 1. The van der Waals surface area contributed by atoms with Crippen molar-refractivity contribution in [2.45, 2.75) is 51.5 Å². The number of nitrogens with one attached hydrogen (secondary N) is 3. The first-order valence-corrected chi connectivity index (χ1v) is 8.55. The Morgan fingerprint density at radius 1 is 1.38 bits per heavy atom. The van der Waals surface area contributed by atoms with Crippen molar-refractivity contribution in [3.63, 3.8) is 0 Å². The Morgan fingerprint density at radius 2 is 2.17 bits per heavy atom. The van der Waals surface area contributed by atoms with E-state index in [1.807, 2.05) is 19.1 Å². The van der Waals surface area contributed by atoms with Gasteiger partial charge in [-0.1, -0.05) is 25.8 Å². The third-order valence-electron chi connectivity index (χ3n) is 4.90. The zero-order valence-corrected chi connectivity index (χ0v) is 14.6. The van der Waals surface area contributed by atoms with E-state index in [-0.39, 0.29) is 11.9 Å². The summed E-state index contributed by atoms with van der Waals surface area (Å²) in [5.41, 5.74) is 2.55. The van der Waals surface area contributed by atoms with E-state index in [1.54, 1.807) is 7.05 Å². The average molecular weight is 327 g/mol. The second-order valence-corrected chi connectivity index (χ2v) is 6.82. The first-order valence-electron chi connectivity index (χ1n) is 8.55. The Kier molecular flexibility index (Phi) is 4.30. The molecule has 0 bridgehead atoms. The molecule has 1 saturated heterocycles. The Labute approximate surface area is 142 Å². The summed E-state index contributed by atoms with van der Waals surface area (Å²) in [5.74, 6) is 0.0981. The quantitative estimate of drug-likeness (QED) is 0.738. The highest BCUT2D eigenvalue weighted by atomic mass is 16.2. The van der Waals surface area contributed by atoms with Gasteiger partial charge in [0.1, 0.15) is 0 Å². The number of hydrogen-bond donors (Lipinski definition) is 3. The lowest BCUT2D eigenvalue weighted by atomic mass is 9.86. The first-order chi connectivity index (χ1) is 11.4. The molecule has 0 saturated carbocycles. The van der Waals surface area contributed by atoms with Crippen LogP contribution in [-0.4, -0.2) is 34.0 Å². The van der Waals surface area contributed by atoms with Crippen molar-refractivity contribution < 1.29 is 4.79 Å². The number of guanidine groups is 1. The number of aryl methyl sites for hydroxylation is 1. The number of amides is 1. The number of hydrogen-bond acceptors (Lipinski definition) is 3. The van der Waals surface area contributed by atoms with E-state index < -0.39 is 5.54 Å². The van der Waals surface area contributed by atoms with Crippen LogP contribution in [0.2, 0.25) is 0 Å². The molecule has 1 amide bonds. The third kappa shape index (κ3) is 2.88. The lowest BCUT2D eigenvalue weighted by Crippen LogP contribution is -2.58. The Hall–Kier alpha value is -2.37. The van der Waals surface area contributed by atoms with E-state index >= 15 is 0 Å². The molecule has 0 aliphatic carbocycles. The number of nitrogens with zero attached hydrogens (tertiary/aromatic N) is 2. The van der Waals surface area contributed by atoms with Crippen LogP contribution in [0, 0.1) is 5.41 Å². The van der Waals surface area contributed by atoms with E-state index in [0.717, 1.165) is 35.0 Å². The number of fused-ring (bicyclic) bond motifs is 1. The highest BCUT2D eigenvalue weighted by Crippen LogP contribution is 2.31. The summed E-state index contributed by atoms with van der Waals surface area (Å²) in [7, 11) is 1.63. The number of rotatable bonds is 5. The van der Waals surface area contributed by atoms with Gasteiger partial charge in [-0.3, -0.25) is 20.2 Å². The topological polar surface area (TPSA) is 84.9 Å². The van der Waals surface area contributed by atoms with Crippen molar-refractivity contribution in [1.29, 1.82) is 5.41 Å². The minimum absolute atomic E-state index is 0.0447. The fourth-order valence-corrected chi connectivity index (χ4v) is 3.25. The molecule has 0 radical (unpaired) electrons. The van der Waals surface area contributed by atoms with E-state index in [2.05, 4.69) is 28.5 Å². The molecule has 2 aromatic rings. The summed E-state index contributed by atoms with van der Waals surface area (Å²) in [6.45, 7) is 4.17. The maximum absolute atomic E-state index is 12.2. The van der Waals surface area contributed by atoms with Gasteiger partial charge in [-0.15, -0.1) is 0 Å². The molecule has 1 aliphatic rings. The highest BCUT2D eigenvalue weighted by Gasteiger charge is 2.38. The largest absolute Gasteiger partial charge is 0.346 e. The van der Waals surface area contributed by atoms with Crippen LogP contribution in [0.25, 0.3) is 10.9 Å². The van der Waals surface area contributed by atoms with E-state index in [1.165, 1.54) is 17.7 Å². The van der Waals surface area contributed by atoms with Crippen molar-refractivity contribution in [1.82, 2.24) is 20.4 Å². The lowest BCUT2D eigenvalue weighted by molar-refractivity contribution is -0.129. The normalized spacial score (nSPS) is 21.4. The maximum Gasteiger partial charge on any atom is 0.231 e. The summed E-state index contributed by atoms with van der Waals surface area (Å²) < 4.78 is 0. The highest BCUT2D eigenvalue weighted by molar-refractivity contribution is 5.99. The molecule has 1 fully saturated rings. The van der Waals surface area contributed by atoms with Crippen LogP contribution in [0.3, 0.4) is 0 Å². The molecule has 24 heavy (non-hydrogen) atoms. The van der Waals surface area contributed by atoms with Crippen LogP contribution >= 0.6 is 0 Å². The standard InChI is InChI=1S/C18H25N5O/c1-4-5-6-7-14-13-10-12(8-9-15(13)22-21-14)18(2)11-16(24)23(3)17(19)20-18/h8-10H,4-7,11H2,1-3H3,(H2,19,20)(H,21,22)/t18-/m0/s1. The molecule has 3 N–H and O–H groups in total. The molecule has 3 rings (SSSR count). The lowest BCUT2D eigenvalue weighted by Gasteiger charge is -2.39. The van der Waals surface area contributed by atoms with Crippen LogP contribution < -0.4 is 5.32 Å². The fourth-order valence-electron chi connectivity index (χ4n) is 3.25. The fraction of sp³-hybridized carbons (Fsp3) is 0.500. The maximum atomic E-state index is 12.2. The summed E-state index contributed by atoms with van der Waals surface area (Å²) in [6.07, 6.45) is 4.81. The molecule has 1 atom stereocenters. The first kappa shape index (κ1) is 16.5. The Balaban J connectivity index is 1.93. The molecule has 6 heteroatoms. The summed E-state index contributed by atoms with van der Waals surface area (Å²) in [4.78, 5) is 13.5. The van der Waals surface area contributed by atoms with Gasteiger partial charge in [0, 0.05) is 12.4 Å².